The number of fused-ring (bicyclic) bond motifs is 1. The summed E-state index contributed by atoms with van der Waals surface area (Å²) in [7, 11) is 0. The van der Waals surface area contributed by atoms with Crippen molar-refractivity contribution >= 4 is 16.7 Å². The lowest BCUT2D eigenvalue weighted by molar-refractivity contribution is -0.136. The highest BCUT2D eigenvalue weighted by Crippen LogP contribution is 2.34. The van der Waals surface area contributed by atoms with Gasteiger partial charge in [0.15, 0.2) is 0 Å². The predicted octanol–water partition coefficient (Wildman–Crippen LogP) is 5.84. The first-order valence-electron chi connectivity index (χ1n) is 10.6. The topological polar surface area (TPSA) is 49.3 Å². The Hall–Kier alpha value is -2.65. The molecule has 0 saturated heterocycles. The molecule has 0 aliphatic heterocycles. The summed E-state index contributed by atoms with van der Waals surface area (Å²) in [6.07, 6.45) is 4.87. The van der Waals surface area contributed by atoms with Crippen LogP contribution < -0.4 is 5.32 Å². The molecule has 0 bridgehead atoms. The third kappa shape index (κ3) is 4.68. The molecule has 4 rings (SSSR count). The van der Waals surface area contributed by atoms with Crippen LogP contribution in [0.3, 0.4) is 0 Å². The van der Waals surface area contributed by atoms with E-state index in [1.165, 1.54) is 41.2 Å². The first-order valence-corrected chi connectivity index (χ1v) is 10.6. The molecule has 1 aliphatic rings. The molecular weight excluding hydrogens is 358 g/mol. The molecule has 3 nitrogen and oxygen atoms in total. The monoisotopic (exact) mass is 387 g/mol. The zero-order valence-corrected chi connectivity index (χ0v) is 17.0. The first-order chi connectivity index (χ1) is 14.1. The number of carboxylic acid groups (broad SMARTS) is 1. The van der Waals surface area contributed by atoms with Crippen molar-refractivity contribution < 1.29 is 9.90 Å². The van der Waals surface area contributed by atoms with Gasteiger partial charge in [0.1, 0.15) is 0 Å². The number of hydrogen-bond donors (Lipinski definition) is 2. The van der Waals surface area contributed by atoms with Gasteiger partial charge in [-0.3, -0.25) is 4.79 Å². The predicted molar refractivity (Wildman–Crippen MR) is 118 cm³/mol. The number of nitrogens with one attached hydrogen (secondary N) is 1. The third-order valence-electron chi connectivity index (χ3n) is 6.26. The second-order valence-electron chi connectivity index (χ2n) is 8.33. The zero-order valence-electron chi connectivity index (χ0n) is 17.0. The largest absolute Gasteiger partial charge is 0.481 e. The standard InChI is InChI=1S/C26H29NO2/c1-18(24-11-5-7-21-6-2-3-10-25(21)24)27-23-9-4-8-22(17-23)20-14-12-19(13-15-20)16-26(28)29/h2-3,5-7,10-15,18,22-23,27H,4,8-9,16-17H2,1H3,(H,28,29). The quantitative estimate of drug-likeness (QED) is 0.558. The summed E-state index contributed by atoms with van der Waals surface area (Å²) in [5.74, 6) is -0.234. The van der Waals surface area contributed by atoms with Crippen LogP contribution in [-0.2, 0) is 11.2 Å². The summed E-state index contributed by atoms with van der Waals surface area (Å²) in [6, 6.07) is 24.2. The minimum atomic E-state index is -0.776. The molecule has 1 saturated carbocycles. The lowest BCUT2D eigenvalue weighted by Crippen LogP contribution is -2.35. The van der Waals surface area contributed by atoms with Gasteiger partial charge in [0.2, 0.25) is 0 Å². The molecular formula is C26H29NO2. The van der Waals surface area contributed by atoms with E-state index in [0.717, 1.165) is 12.0 Å². The van der Waals surface area contributed by atoms with Crippen molar-refractivity contribution in [3.05, 3.63) is 83.4 Å². The van der Waals surface area contributed by atoms with Gasteiger partial charge in [-0.15, -0.1) is 0 Å². The van der Waals surface area contributed by atoms with Crippen molar-refractivity contribution in [2.24, 2.45) is 0 Å². The summed E-state index contributed by atoms with van der Waals surface area (Å²) >= 11 is 0. The number of carboxylic acids is 1. The number of benzene rings is 3. The summed E-state index contributed by atoms with van der Waals surface area (Å²) in [5, 5.41) is 15.5. The Morgan fingerprint density at radius 1 is 1.03 bits per heavy atom. The zero-order chi connectivity index (χ0) is 20.2. The van der Waals surface area contributed by atoms with Gasteiger partial charge < -0.3 is 10.4 Å². The van der Waals surface area contributed by atoms with Crippen LogP contribution in [0, 0.1) is 0 Å². The molecule has 0 aromatic heterocycles. The molecule has 3 heteroatoms. The highest BCUT2D eigenvalue weighted by atomic mass is 16.4. The summed E-state index contributed by atoms with van der Waals surface area (Å²) in [5.41, 5.74) is 3.57. The van der Waals surface area contributed by atoms with Gasteiger partial charge in [-0.25, -0.2) is 0 Å². The fourth-order valence-corrected chi connectivity index (χ4v) is 4.80. The summed E-state index contributed by atoms with van der Waals surface area (Å²) in [6.45, 7) is 2.27. The van der Waals surface area contributed by atoms with Crippen LogP contribution in [0.5, 0.6) is 0 Å². The average molecular weight is 388 g/mol. The summed E-state index contributed by atoms with van der Waals surface area (Å²) in [4.78, 5) is 10.9. The van der Waals surface area contributed by atoms with E-state index in [1.807, 2.05) is 12.1 Å². The maximum absolute atomic E-state index is 10.9. The van der Waals surface area contributed by atoms with Gasteiger partial charge in [0.25, 0.3) is 0 Å². The molecule has 1 aliphatic carbocycles. The van der Waals surface area contributed by atoms with E-state index in [9.17, 15) is 4.79 Å². The Morgan fingerprint density at radius 2 is 1.79 bits per heavy atom. The lowest BCUT2D eigenvalue weighted by Gasteiger charge is -2.32. The van der Waals surface area contributed by atoms with E-state index in [-0.39, 0.29) is 6.42 Å². The smallest absolute Gasteiger partial charge is 0.307 e. The fourth-order valence-electron chi connectivity index (χ4n) is 4.80. The number of hydrogen-bond acceptors (Lipinski definition) is 2. The molecule has 3 atom stereocenters. The summed E-state index contributed by atoms with van der Waals surface area (Å²) < 4.78 is 0. The fraction of sp³-hybridized carbons (Fsp3) is 0.346. The first kappa shape index (κ1) is 19.7. The van der Waals surface area contributed by atoms with Gasteiger partial charge in [-0.05, 0) is 59.6 Å². The molecule has 0 amide bonds. The molecule has 0 spiro atoms. The maximum Gasteiger partial charge on any atom is 0.307 e. The number of aliphatic carboxylic acids is 1. The number of carbonyl (C=O) groups is 1. The molecule has 0 radical (unpaired) electrons. The van der Waals surface area contributed by atoms with Crippen molar-refractivity contribution in [2.75, 3.05) is 0 Å². The normalized spacial score (nSPS) is 20.4. The highest BCUT2D eigenvalue weighted by molar-refractivity contribution is 5.86. The van der Waals surface area contributed by atoms with Crippen molar-refractivity contribution in [1.82, 2.24) is 5.32 Å². The van der Waals surface area contributed by atoms with Crippen LogP contribution in [0.2, 0.25) is 0 Å². The van der Waals surface area contributed by atoms with Crippen LogP contribution in [-0.4, -0.2) is 17.1 Å². The SMILES string of the molecule is CC(NC1CCCC(c2ccc(CC(=O)O)cc2)C1)c1cccc2ccccc12. The molecule has 1 fully saturated rings. The van der Waals surface area contributed by atoms with E-state index in [4.69, 9.17) is 5.11 Å². The van der Waals surface area contributed by atoms with Crippen molar-refractivity contribution in [3.8, 4) is 0 Å². The van der Waals surface area contributed by atoms with E-state index in [2.05, 4.69) is 66.8 Å². The van der Waals surface area contributed by atoms with E-state index < -0.39 is 5.97 Å². The van der Waals surface area contributed by atoms with Crippen molar-refractivity contribution in [1.29, 1.82) is 0 Å². The van der Waals surface area contributed by atoms with E-state index in [0.29, 0.717) is 18.0 Å². The average Bonchev–Trinajstić information content (AvgIpc) is 2.73. The van der Waals surface area contributed by atoms with Crippen LogP contribution >= 0.6 is 0 Å². The van der Waals surface area contributed by atoms with Gasteiger partial charge in [-0.1, -0.05) is 73.2 Å². The lowest BCUT2D eigenvalue weighted by atomic mass is 9.80. The maximum atomic E-state index is 10.9. The second-order valence-corrected chi connectivity index (χ2v) is 8.33. The highest BCUT2D eigenvalue weighted by Gasteiger charge is 2.25. The molecule has 150 valence electrons. The molecule has 29 heavy (non-hydrogen) atoms. The van der Waals surface area contributed by atoms with Gasteiger partial charge in [0.05, 0.1) is 6.42 Å². The van der Waals surface area contributed by atoms with Crippen molar-refractivity contribution in [3.63, 3.8) is 0 Å². The van der Waals surface area contributed by atoms with Gasteiger partial charge in [0, 0.05) is 12.1 Å². The van der Waals surface area contributed by atoms with E-state index in [1.54, 1.807) is 0 Å². The molecule has 3 aromatic rings. The van der Waals surface area contributed by atoms with E-state index >= 15 is 0 Å². The van der Waals surface area contributed by atoms with Crippen LogP contribution in [0.1, 0.15) is 61.3 Å². The number of rotatable bonds is 6. The molecule has 2 N–H and O–H groups in total. The van der Waals surface area contributed by atoms with Crippen LogP contribution in [0.15, 0.2) is 66.7 Å². The molecule has 3 aromatic carbocycles. The van der Waals surface area contributed by atoms with Crippen molar-refractivity contribution in [2.45, 2.75) is 57.0 Å². The Bertz CT molecular complexity index is 974. The second kappa shape index (κ2) is 8.79. The van der Waals surface area contributed by atoms with Crippen LogP contribution in [0.4, 0.5) is 0 Å². The third-order valence-corrected chi connectivity index (χ3v) is 6.26. The Kier molecular flexibility index (Phi) is 5.96. The minimum absolute atomic E-state index is 0.0949. The van der Waals surface area contributed by atoms with Gasteiger partial charge >= 0.3 is 5.97 Å². The molecule has 0 heterocycles. The Morgan fingerprint density at radius 3 is 2.59 bits per heavy atom. The minimum Gasteiger partial charge on any atom is -0.481 e. The molecule has 3 unspecified atom stereocenters. The Balaban J connectivity index is 1.44. The Labute approximate surface area is 172 Å². The van der Waals surface area contributed by atoms with Crippen LogP contribution in [0.25, 0.3) is 10.8 Å². The van der Waals surface area contributed by atoms with Gasteiger partial charge in [-0.2, -0.15) is 0 Å².